The normalized spacial score (nSPS) is 20.7. The molecule has 38 heavy (non-hydrogen) atoms. The fourth-order valence-electron chi connectivity index (χ4n) is 6.13. The number of hydrogen-bond donors (Lipinski definition) is 2. The lowest BCUT2D eigenvalue weighted by Crippen LogP contribution is -2.47. The van der Waals surface area contributed by atoms with Crippen molar-refractivity contribution in [2.45, 2.75) is 50.6 Å². The number of halogens is 1. The summed E-state index contributed by atoms with van der Waals surface area (Å²) in [5.74, 6) is -0.556. The zero-order valence-corrected chi connectivity index (χ0v) is 20.8. The molecule has 0 radical (unpaired) electrons. The van der Waals surface area contributed by atoms with Crippen molar-refractivity contribution in [3.63, 3.8) is 0 Å². The van der Waals surface area contributed by atoms with E-state index in [0.29, 0.717) is 35.4 Å². The first kappa shape index (κ1) is 24.2. The van der Waals surface area contributed by atoms with E-state index in [1.54, 1.807) is 24.5 Å². The maximum absolute atomic E-state index is 13.3. The summed E-state index contributed by atoms with van der Waals surface area (Å²) in [5.41, 5.74) is 11.0. The molecule has 0 aliphatic carbocycles. The fraction of sp³-hybridized carbons (Fsp3) is 0.321. The number of fused-ring (bicyclic) bond motifs is 3. The van der Waals surface area contributed by atoms with E-state index in [4.69, 9.17) is 10.7 Å². The molecule has 0 saturated carbocycles. The number of benzene rings is 1. The van der Waals surface area contributed by atoms with Gasteiger partial charge in [0.1, 0.15) is 18.2 Å². The number of rotatable bonds is 5. The van der Waals surface area contributed by atoms with Gasteiger partial charge in [-0.25, -0.2) is 9.37 Å². The van der Waals surface area contributed by atoms with E-state index < -0.39 is 6.61 Å². The molecule has 3 N–H and O–H groups in total. The minimum atomic E-state index is -0.499. The van der Waals surface area contributed by atoms with E-state index in [0.717, 1.165) is 29.5 Å². The molecule has 2 aliphatic heterocycles. The van der Waals surface area contributed by atoms with Crippen molar-refractivity contribution in [1.29, 1.82) is 0 Å². The number of nitrogens with two attached hydrogens (primary N) is 1. The second kappa shape index (κ2) is 9.29. The molecule has 194 valence electrons. The summed E-state index contributed by atoms with van der Waals surface area (Å²) in [4.78, 5) is 36.4. The predicted molar refractivity (Wildman–Crippen MR) is 139 cm³/mol. The number of aromatic nitrogens is 4. The zero-order chi connectivity index (χ0) is 26.6. The summed E-state index contributed by atoms with van der Waals surface area (Å²) < 4.78 is 14.8. The van der Waals surface area contributed by atoms with Crippen LogP contribution in [0.1, 0.15) is 54.6 Å². The Kier molecular flexibility index (Phi) is 5.91. The van der Waals surface area contributed by atoms with Crippen molar-refractivity contribution in [2.75, 3.05) is 12.3 Å². The van der Waals surface area contributed by atoms with Gasteiger partial charge in [0.2, 0.25) is 5.91 Å². The van der Waals surface area contributed by atoms with Crippen LogP contribution < -0.4 is 5.73 Å². The van der Waals surface area contributed by atoms with Gasteiger partial charge in [-0.2, -0.15) is 9.61 Å². The van der Waals surface area contributed by atoms with Gasteiger partial charge < -0.3 is 15.7 Å². The summed E-state index contributed by atoms with van der Waals surface area (Å²) in [6.45, 7) is 0.977. The van der Waals surface area contributed by atoms with Gasteiger partial charge in [-0.3, -0.25) is 14.6 Å². The quantitative estimate of drug-likeness (QED) is 0.390. The highest BCUT2D eigenvalue weighted by atomic mass is 19.1. The third kappa shape index (κ3) is 3.92. The third-order valence-electron chi connectivity index (χ3n) is 7.82. The van der Waals surface area contributed by atoms with Crippen LogP contribution in [0.5, 0.6) is 0 Å². The molecule has 2 unspecified atom stereocenters. The van der Waals surface area contributed by atoms with Gasteiger partial charge in [-0.1, -0.05) is 6.07 Å². The van der Waals surface area contributed by atoms with Crippen molar-refractivity contribution >= 4 is 23.2 Å². The lowest BCUT2D eigenvalue weighted by atomic mass is 9.85. The molecule has 2 saturated heterocycles. The molecule has 5 heterocycles. The second-order valence-corrected chi connectivity index (χ2v) is 10.1. The lowest BCUT2D eigenvalue weighted by Gasteiger charge is -2.39. The average Bonchev–Trinajstić information content (AvgIpc) is 3.46. The molecule has 4 aromatic rings. The number of nitrogens with zero attached hydrogens (tertiary/aromatic N) is 5. The predicted octanol–water partition coefficient (Wildman–Crippen LogP) is 3.61. The number of piperidine rings is 1. The highest BCUT2D eigenvalue weighted by Gasteiger charge is 2.44. The molecule has 3 aromatic heterocycles. The summed E-state index contributed by atoms with van der Waals surface area (Å²) in [6.07, 6.45) is 6.41. The maximum Gasteiger partial charge on any atom is 0.248 e. The molecule has 1 aromatic carbocycles. The highest BCUT2D eigenvalue weighted by molar-refractivity contribution is 6.00. The standard InChI is InChI=1S/C28H27FN6O3/c1-15(37)25-26(18-10-20-7-8-21(11-18)34(20)24(38)14-36)33-28-22(13-32-35(28)27(25)30)17-4-9-23(31-12-17)16-2-5-19(29)6-3-16/h2-6,9,12-13,18,20-21,36H,7-8,10-11,14,30H2,1H3. The molecule has 10 heteroatoms. The number of aliphatic hydroxyl groups excluding tert-OH is 1. The molecule has 2 atom stereocenters. The minimum absolute atomic E-state index is 0.00467. The van der Waals surface area contributed by atoms with Gasteiger partial charge >= 0.3 is 0 Å². The van der Waals surface area contributed by atoms with Crippen LogP contribution in [0.15, 0.2) is 48.8 Å². The molecule has 2 aliphatic rings. The van der Waals surface area contributed by atoms with Crippen LogP contribution in [0.3, 0.4) is 0 Å². The van der Waals surface area contributed by atoms with Crippen LogP contribution in [0.2, 0.25) is 0 Å². The van der Waals surface area contributed by atoms with Crippen molar-refractivity contribution in [2.24, 2.45) is 0 Å². The molecule has 1 amide bonds. The molecule has 2 bridgehead atoms. The first-order valence-corrected chi connectivity index (χ1v) is 12.7. The number of carbonyl (C=O) groups excluding carboxylic acids is 2. The Bertz CT molecular complexity index is 1540. The first-order chi connectivity index (χ1) is 18.4. The molecular weight excluding hydrogens is 487 g/mol. The van der Waals surface area contributed by atoms with Crippen molar-refractivity contribution in [3.05, 3.63) is 65.9 Å². The van der Waals surface area contributed by atoms with Crippen LogP contribution in [-0.2, 0) is 4.79 Å². The Morgan fingerprint density at radius 3 is 2.34 bits per heavy atom. The number of Topliss-reactive ketones (excluding diaryl/α,β-unsaturated/α-hetero) is 1. The van der Waals surface area contributed by atoms with Crippen molar-refractivity contribution < 1.29 is 19.1 Å². The smallest absolute Gasteiger partial charge is 0.248 e. The number of amides is 1. The topological polar surface area (TPSA) is 127 Å². The van der Waals surface area contributed by atoms with Gasteiger partial charge in [0.05, 0.1) is 23.1 Å². The van der Waals surface area contributed by atoms with E-state index in [9.17, 15) is 19.1 Å². The van der Waals surface area contributed by atoms with E-state index in [1.165, 1.54) is 23.6 Å². The Morgan fingerprint density at radius 2 is 1.74 bits per heavy atom. The van der Waals surface area contributed by atoms with E-state index >= 15 is 0 Å². The number of aliphatic hydroxyl groups is 1. The van der Waals surface area contributed by atoms with E-state index in [1.807, 2.05) is 17.0 Å². The van der Waals surface area contributed by atoms with Gasteiger partial charge in [0.15, 0.2) is 11.4 Å². The molecular formula is C28H27FN6O3. The molecule has 6 rings (SSSR count). The highest BCUT2D eigenvalue weighted by Crippen LogP contribution is 2.44. The zero-order valence-electron chi connectivity index (χ0n) is 20.8. The summed E-state index contributed by atoms with van der Waals surface area (Å²) in [6, 6.07) is 9.91. The minimum Gasteiger partial charge on any atom is -0.387 e. The Morgan fingerprint density at radius 1 is 1.05 bits per heavy atom. The summed E-state index contributed by atoms with van der Waals surface area (Å²) in [5, 5.41) is 13.8. The van der Waals surface area contributed by atoms with Gasteiger partial charge in [0, 0.05) is 40.9 Å². The van der Waals surface area contributed by atoms with Crippen LogP contribution in [0.25, 0.3) is 28.0 Å². The van der Waals surface area contributed by atoms with E-state index in [2.05, 4.69) is 10.1 Å². The van der Waals surface area contributed by atoms with Crippen LogP contribution in [-0.4, -0.2) is 60.0 Å². The SMILES string of the molecule is CC(=O)c1c(C2CC3CCC(C2)N3C(=O)CO)nc2c(-c3ccc(-c4ccc(F)cc4)nc3)cnn2c1N. The Labute approximate surface area is 218 Å². The van der Waals surface area contributed by atoms with Crippen LogP contribution in [0.4, 0.5) is 10.2 Å². The maximum atomic E-state index is 13.3. The number of pyridine rings is 1. The molecule has 2 fully saturated rings. The third-order valence-corrected chi connectivity index (χ3v) is 7.82. The first-order valence-electron chi connectivity index (χ1n) is 12.7. The number of hydrogen-bond acceptors (Lipinski definition) is 7. The summed E-state index contributed by atoms with van der Waals surface area (Å²) >= 11 is 0. The fourth-order valence-corrected chi connectivity index (χ4v) is 6.13. The van der Waals surface area contributed by atoms with Crippen molar-refractivity contribution in [1.82, 2.24) is 24.5 Å². The van der Waals surface area contributed by atoms with Crippen LogP contribution in [0, 0.1) is 5.82 Å². The lowest BCUT2D eigenvalue weighted by molar-refractivity contribution is -0.138. The van der Waals surface area contributed by atoms with Crippen LogP contribution >= 0.6 is 0 Å². The Balaban J connectivity index is 1.40. The molecule has 0 spiro atoms. The Hall–Kier alpha value is -4.18. The van der Waals surface area contributed by atoms with Crippen molar-refractivity contribution in [3.8, 4) is 22.4 Å². The molecule has 9 nitrogen and oxygen atoms in total. The number of carbonyl (C=O) groups is 2. The number of ketones is 1. The van der Waals surface area contributed by atoms with Gasteiger partial charge in [0.25, 0.3) is 0 Å². The van der Waals surface area contributed by atoms with Gasteiger partial charge in [-0.05, 0) is 62.9 Å². The second-order valence-electron chi connectivity index (χ2n) is 10.1. The summed E-state index contributed by atoms with van der Waals surface area (Å²) in [7, 11) is 0. The number of anilines is 1. The van der Waals surface area contributed by atoms with E-state index in [-0.39, 0.29) is 41.3 Å². The largest absolute Gasteiger partial charge is 0.387 e. The number of nitrogen functional groups attached to an aromatic ring is 1. The monoisotopic (exact) mass is 514 g/mol. The average molecular weight is 515 g/mol. The van der Waals surface area contributed by atoms with Gasteiger partial charge in [-0.15, -0.1) is 0 Å².